The van der Waals surface area contributed by atoms with Crippen LogP contribution in [0, 0.1) is 5.92 Å². The number of nitrogens with zero attached hydrogens (tertiary/aromatic N) is 4. The van der Waals surface area contributed by atoms with Gasteiger partial charge in [0.25, 0.3) is 0 Å². The third kappa shape index (κ3) is 1.77. The van der Waals surface area contributed by atoms with Crippen molar-refractivity contribution in [3.8, 4) is 0 Å². The molecule has 108 valence electrons. The van der Waals surface area contributed by atoms with E-state index in [0.29, 0.717) is 17.0 Å². The molecule has 7 nitrogen and oxygen atoms in total. The van der Waals surface area contributed by atoms with Gasteiger partial charge in [-0.25, -0.2) is 15.0 Å². The Morgan fingerprint density at radius 3 is 2.95 bits per heavy atom. The third-order valence-corrected chi connectivity index (χ3v) is 4.39. The molecule has 1 fully saturated rings. The van der Waals surface area contributed by atoms with Crippen LogP contribution in [0.3, 0.4) is 0 Å². The lowest BCUT2D eigenvalue weighted by Gasteiger charge is -2.29. The van der Waals surface area contributed by atoms with Crippen molar-refractivity contribution in [1.82, 2.24) is 19.5 Å². The SMILES string of the molecule is CC[C@]1(CO)O[C@@H](n2cnc3c(N)ncnc32)C[C@@H]1C. The Kier molecular flexibility index (Phi) is 3.10. The minimum Gasteiger partial charge on any atom is -0.393 e. The van der Waals surface area contributed by atoms with Crippen LogP contribution in [-0.2, 0) is 4.74 Å². The van der Waals surface area contributed by atoms with Crippen molar-refractivity contribution in [2.24, 2.45) is 5.92 Å². The van der Waals surface area contributed by atoms with E-state index in [2.05, 4.69) is 21.9 Å². The summed E-state index contributed by atoms with van der Waals surface area (Å²) in [6.45, 7) is 4.15. The van der Waals surface area contributed by atoms with E-state index in [9.17, 15) is 5.11 Å². The quantitative estimate of drug-likeness (QED) is 0.871. The average Bonchev–Trinajstić information content (AvgIpc) is 3.01. The molecule has 0 aromatic carbocycles. The molecule has 1 aliphatic rings. The number of anilines is 1. The summed E-state index contributed by atoms with van der Waals surface area (Å²) in [4.78, 5) is 12.4. The molecule has 3 heterocycles. The van der Waals surface area contributed by atoms with E-state index in [1.165, 1.54) is 6.33 Å². The van der Waals surface area contributed by atoms with E-state index in [4.69, 9.17) is 10.5 Å². The molecule has 2 aromatic rings. The minimum absolute atomic E-state index is 0.0188. The number of ether oxygens (including phenoxy) is 1. The second kappa shape index (κ2) is 4.68. The summed E-state index contributed by atoms with van der Waals surface area (Å²) in [5.41, 5.74) is 6.56. The van der Waals surface area contributed by atoms with Gasteiger partial charge in [0.15, 0.2) is 11.5 Å². The Morgan fingerprint density at radius 1 is 1.50 bits per heavy atom. The van der Waals surface area contributed by atoms with Crippen molar-refractivity contribution in [2.75, 3.05) is 12.3 Å². The van der Waals surface area contributed by atoms with Gasteiger partial charge in [-0.05, 0) is 18.8 Å². The molecule has 20 heavy (non-hydrogen) atoms. The number of aromatic nitrogens is 4. The first-order valence-electron chi connectivity index (χ1n) is 6.83. The third-order valence-electron chi connectivity index (χ3n) is 4.39. The predicted octanol–water partition coefficient (Wildman–Crippen LogP) is 1.10. The normalized spacial score (nSPS) is 30.1. The maximum atomic E-state index is 9.66. The van der Waals surface area contributed by atoms with Gasteiger partial charge in [0.2, 0.25) is 0 Å². The van der Waals surface area contributed by atoms with Gasteiger partial charge in [0, 0.05) is 0 Å². The second-order valence-corrected chi connectivity index (χ2v) is 5.37. The zero-order chi connectivity index (χ0) is 14.3. The van der Waals surface area contributed by atoms with Crippen LogP contribution >= 0.6 is 0 Å². The molecule has 1 saturated heterocycles. The van der Waals surface area contributed by atoms with Crippen LogP contribution in [0.5, 0.6) is 0 Å². The van der Waals surface area contributed by atoms with Crippen LogP contribution < -0.4 is 5.73 Å². The van der Waals surface area contributed by atoms with Crippen LogP contribution in [0.15, 0.2) is 12.7 Å². The van der Waals surface area contributed by atoms with Crippen LogP contribution in [0.2, 0.25) is 0 Å². The first kappa shape index (κ1) is 13.3. The zero-order valence-electron chi connectivity index (χ0n) is 11.7. The van der Waals surface area contributed by atoms with Crippen LogP contribution in [0.25, 0.3) is 11.2 Å². The molecule has 2 aromatic heterocycles. The van der Waals surface area contributed by atoms with Gasteiger partial charge >= 0.3 is 0 Å². The fourth-order valence-corrected chi connectivity index (χ4v) is 2.94. The highest BCUT2D eigenvalue weighted by atomic mass is 16.5. The number of aliphatic hydroxyl groups excluding tert-OH is 1. The summed E-state index contributed by atoms with van der Waals surface area (Å²) in [5, 5.41) is 9.66. The lowest BCUT2D eigenvalue weighted by Crippen LogP contribution is -2.37. The molecule has 3 rings (SSSR count). The Balaban J connectivity index is 1.99. The zero-order valence-corrected chi connectivity index (χ0v) is 11.7. The van der Waals surface area contributed by atoms with Crippen molar-refractivity contribution >= 4 is 17.0 Å². The van der Waals surface area contributed by atoms with Crippen LogP contribution in [0.1, 0.15) is 32.9 Å². The predicted molar refractivity (Wildman–Crippen MR) is 73.7 cm³/mol. The number of aliphatic hydroxyl groups is 1. The molecule has 0 bridgehead atoms. The van der Waals surface area contributed by atoms with E-state index in [1.807, 2.05) is 11.5 Å². The average molecular weight is 277 g/mol. The van der Waals surface area contributed by atoms with Crippen LogP contribution in [0.4, 0.5) is 5.82 Å². The van der Waals surface area contributed by atoms with E-state index in [0.717, 1.165) is 12.8 Å². The highest BCUT2D eigenvalue weighted by Gasteiger charge is 2.45. The van der Waals surface area contributed by atoms with Gasteiger partial charge in [-0.1, -0.05) is 13.8 Å². The lowest BCUT2D eigenvalue weighted by molar-refractivity contribution is -0.110. The molecule has 0 unspecified atom stereocenters. The second-order valence-electron chi connectivity index (χ2n) is 5.37. The minimum atomic E-state index is -0.486. The molecule has 0 radical (unpaired) electrons. The summed E-state index contributed by atoms with van der Waals surface area (Å²) in [6.07, 6.45) is 4.49. The van der Waals surface area contributed by atoms with Crippen molar-refractivity contribution in [3.05, 3.63) is 12.7 Å². The summed E-state index contributed by atoms with van der Waals surface area (Å²) in [6, 6.07) is 0. The highest BCUT2D eigenvalue weighted by Crippen LogP contribution is 2.43. The number of hydrogen-bond donors (Lipinski definition) is 2. The fraction of sp³-hybridized carbons (Fsp3) is 0.615. The maximum absolute atomic E-state index is 9.66. The monoisotopic (exact) mass is 277 g/mol. The Morgan fingerprint density at radius 2 is 2.30 bits per heavy atom. The van der Waals surface area contributed by atoms with Gasteiger partial charge in [0.1, 0.15) is 18.1 Å². The molecular formula is C13H19N5O2. The van der Waals surface area contributed by atoms with E-state index < -0.39 is 5.60 Å². The molecule has 0 amide bonds. The smallest absolute Gasteiger partial charge is 0.167 e. The summed E-state index contributed by atoms with van der Waals surface area (Å²) in [7, 11) is 0. The molecule has 0 saturated carbocycles. The van der Waals surface area contributed by atoms with Gasteiger partial charge in [-0.3, -0.25) is 4.57 Å². The van der Waals surface area contributed by atoms with Gasteiger partial charge in [-0.15, -0.1) is 0 Å². The maximum Gasteiger partial charge on any atom is 0.167 e. The first-order chi connectivity index (χ1) is 9.61. The first-order valence-corrected chi connectivity index (χ1v) is 6.83. The Labute approximate surface area is 116 Å². The van der Waals surface area contributed by atoms with Gasteiger partial charge in [-0.2, -0.15) is 0 Å². The number of fused-ring (bicyclic) bond motifs is 1. The molecule has 3 atom stereocenters. The number of imidazole rings is 1. The van der Waals surface area contributed by atoms with E-state index in [-0.39, 0.29) is 18.8 Å². The fourth-order valence-electron chi connectivity index (χ4n) is 2.94. The highest BCUT2D eigenvalue weighted by molar-refractivity contribution is 5.81. The van der Waals surface area contributed by atoms with Crippen LogP contribution in [-0.4, -0.2) is 36.8 Å². The van der Waals surface area contributed by atoms with Crippen molar-refractivity contribution < 1.29 is 9.84 Å². The Hall–Kier alpha value is -1.73. The van der Waals surface area contributed by atoms with Crippen molar-refractivity contribution in [3.63, 3.8) is 0 Å². The Bertz CT molecular complexity index is 622. The summed E-state index contributed by atoms with van der Waals surface area (Å²) < 4.78 is 8.00. The molecule has 0 aliphatic carbocycles. The molecule has 0 spiro atoms. The van der Waals surface area contributed by atoms with Crippen molar-refractivity contribution in [2.45, 2.75) is 38.5 Å². The topological polar surface area (TPSA) is 99.1 Å². The number of nitrogen functional groups attached to an aromatic ring is 1. The standard InChI is InChI=1S/C13H19N5O2/c1-3-13(5-19)8(2)4-9(20-13)18-7-17-10-11(14)15-6-16-12(10)18/h6-9,19H,3-5H2,1-2H3,(H2,14,15,16)/t8-,9+,13+/m0/s1. The number of rotatable bonds is 3. The largest absolute Gasteiger partial charge is 0.393 e. The van der Waals surface area contributed by atoms with Crippen molar-refractivity contribution in [1.29, 1.82) is 0 Å². The summed E-state index contributed by atoms with van der Waals surface area (Å²) in [5.74, 6) is 0.628. The van der Waals surface area contributed by atoms with Gasteiger partial charge < -0.3 is 15.6 Å². The molecule has 7 heteroatoms. The lowest BCUT2D eigenvalue weighted by atomic mass is 9.87. The number of nitrogens with two attached hydrogens (primary N) is 1. The van der Waals surface area contributed by atoms with E-state index >= 15 is 0 Å². The number of hydrogen-bond acceptors (Lipinski definition) is 6. The molecule has 1 aliphatic heterocycles. The molecular weight excluding hydrogens is 258 g/mol. The van der Waals surface area contributed by atoms with E-state index in [1.54, 1.807) is 6.33 Å². The summed E-state index contributed by atoms with van der Waals surface area (Å²) >= 11 is 0. The molecule has 3 N–H and O–H groups in total. The van der Waals surface area contributed by atoms with Gasteiger partial charge in [0.05, 0.1) is 18.5 Å².